The molecule has 21 heavy (non-hydrogen) atoms. The van der Waals surface area contributed by atoms with Gasteiger partial charge in [0.1, 0.15) is 0 Å². The van der Waals surface area contributed by atoms with Crippen molar-refractivity contribution in [3.8, 4) is 0 Å². The van der Waals surface area contributed by atoms with E-state index in [1.165, 1.54) is 0 Å². The van der Waals surface area contributed by atoms with E-state index in [9.17, 15) is 9.59 Å². The highest BCUT2D eigenvalue weighted by molar-refractivity contribution is 5.96. The Morgan fingerprint density at radius 2 is 1.90 bits per heavy atom. The predicted octanol–water partition coefficient (Wildman–Crippen LogP) is 1.80. The highest BCUT2D eigenvalue weighted by atomic mass is 16.2. The number of nitrogens with one attached hydrogen (secondary N) is 1. The van der Waals surface area contributed by atoms with E-state index >= 15 is 0 Å². The lowest BCUT2D eigenvalue weighted by atomic mass is 9.81. The number of hydrogen-bond acceptors (Lipinski definition) is 3. The summed E-state index contributed by atoms with van der Waals surface area (Å²) in [7, 11) is 0. The maximum Gasteiger partial charge on any atom is 0.248 e. The number of anilines is 1. The van der Waals surface area contributed by atoms with Crippen LogP contribution in [0.1, 0.15) is 41.6 Å². The Kier molecular flexibility index (Phi) is 4.96. The van der Waals surface area contributed by atoms with Gasteiger partial charge < -0.3 is 16.8 Å². The first-order valence-corrected chi connectivity index (χ1v) is 7.42. The van der Waals surface area contributed by atoms with Crippen LogP contribution in [0.3, 0.4) is 0 Å². The van der Waals surface area contributed by atoms with Crippen molar-refractivity contribution >= 4 is 17.5 Å². The largest absolute Gasteiger partial charge is 0.366 e. The van der Waals surface area contributed by atoms with E-state index in [1.807, 2.05) is 6.92 Å². The van der Waals surface area contributed by atoms with Crippen LogP contribution in [0.2, 0.25) is 0 Å². The summed E-state index contributed by atoms with van der Waals surface area (Å²) in [6, 6.07) is 5.07. The van der Waals surface area contributed by atoms with Crippen LogP contribution in [-0.2, 0) is 4.79 Å². The van der Waals surface area contributed by atoms with Crippen LogP contribution in [-0.4, -0.2) is 18.4 Å². The monoisotopic (exact) mass is 289 g/mol. The molecule has 5 nitrogen and oxygen atoms in total. The maximum absolute atomic E-state index is 12.3. The van der Waals surface area contributed by atoms with Gasteiger partial charge in [0.25, 0.3) is 0 Å². The molecule has 1 aromatic carbocycles. The summed E-state index contributed by atoms with van der Waals surface area (Å²) in [6.45, 7) is 2.56. The van der Waals surface area contributed by atoms with Gasteiger partial charge in [0.2, 0.25) is 11.8 Å². The Hall–Kier alpha value is -1.88. The number of primary amides is 1. The van der Waals surface area contributed by atoms with Gasteiger partial charge in [-0.15, -0.1) is 0 Å². The fourth-order valence-corrected chi connectivity index (χ4v) is 2.85. The number of carbonyl (C=O) groups excluding carboxylic acids is 2. The lowest BCUT2D eigenvalue weighted by Crippen LogP contribution is -2.29. The molecule has 5 N–H and O–H groups in total. The maximum atomic E-state index is 12.3. The van der Waals surface area contributed by atoms with E-state index in [4.69, 9.17) is 11.5 Å². The molecule has 0 radical (unpaired) electrons. The molecule has 0 saturated heterocycles. The molecule has 0 heterocycles. The molecule has 114 valence electrons. The van der Waals surface area contributed by atoms with Crippen molar-refractivity contribution in [1.29, 1.82) is 0 Å². The number of carbonyl (C=O) groups is 2. The minimum atomic E-state index is -0.462. The summed E-state index contributed by atoms with van der Waals surface area (Å²) < 4.78 is 0. The number of nitrogens with two attached hydrogens (primary N) is 2. The average Bonchev–Trinajstić information content (AvgIpc) is 2.49. The van der Waals surface area contributed by atoms with Crippen molar-refractivity contribution in [2.45, 2.75) is 32.6 Å². The second kappa shape index (κ2) is 6.72. The number of benzene rings is 1. The molecular formula is C16H23N3O2. The van der Waals surface area contributed by atoms with Crippen LogP contribution in [0.4, 0.5) is 5.69 Å². The zero-order valence-electron chi connectivity index (χ0n) is 12.4. The van der Waals surface area contributed by atoms with Crippen LogP contribution in [0, 0.1) is 18.8 Å². The molecule has 0 bridgehead atoms. The summed E-state index contributed by atoms with van der Waals surface area (Å²) in [4.78, 5) is 23.4. The summed E-state index contributed by atoms with van der Waals surface area (Å²) in [5.74, 6) is 0.213. The first kappa shape index (κ1) is 15.5. The van der Waals surface area contributed by atoms with Gasteiger partial charge >= 0.3 is 0 Å². The van der Waals surface area contributed by atoms with Crippen LogP contribution in [0.15, 0.2) is 18.2 Å². The number of hydrogen-bond donors (Lipinski definition) is 3. The number of amides is 2. The molecule has 5 heteroatoms. The molecule has 2 rings (SSSR count). The SMILES string of the molecule is Cc1cc(C(N)=O)ccc1NC(=O)C1CCC(CN)CC1. The Labute approximate surface area is 125 Å². The fraction of sp³-hybridized carbons (Fsp3) is 0.500. The third-order valence-corrected chi connectivity index (χ3v) is 4.32. The van der Waals surface area contributed by atoms with Gasteiger partial charge in [-0.05, 0) is 68.8 Å². The first-order valence-electron chi connectivity index (χ1n) is 7.42. The Bertz CT molecular complexity index is 534. The van der Waals surface area contributed by atoms with Gasteiger partial charge in [-0.25, -0.2) is 0 Å². The lowest BCUT2D eigenvalue weighted by Gasteiger charge is -2.27. The average molecular weight is 289 g/mol. The van der Waals surface area contributed by atoms with E-state index < -0.39 is 5.91 Å². The summed E-state index contributed by atoms with van der Waals surface area (Å²) in [5.41, 5.74) is 12.9. The molecule has 0 unspecified atom stereocenters. The molecule has 0 aromatic heterocycles. The molecule has 0 atom stereocenters. The Balaban J connectivity index is 1.98. The zero-order valence-corrected chi connectivity index (χ0v) is 12.4. The van der Waals surface area contributed by atoms with Gasteiger partial charge in [-0.1, -0.05) is 0 Å². The van der Waals surface area contributed by atoms with Gasteiger partial charge in [-0.3, -0.25) is 9.59 Å². The Morgan fingerprint density at radius 1 is 1.24 bits per heavy atom. The van der Waals surface area contributed by atoms with E-state index in [2.05, 4.69) is 5.32 Å². The van der Waals surface area contributed by atoms with Gasteiger partial charge in [0.15, 0.2) is 0 Å². The molecule has 1 aliphatic carbocycles. The third kappa shape index (κ3) is 3.82. The molecule has 2 amide bonds. The van der Waals surface area contributed by atoms with Gasteiger partial charge in [-0.2, -0.15) is 0 Å². The summed E-state index contributed by atoms with van der Waals surface area (Å²) in [6.07, 6.45) is 3.83. The smallest absolute Gasteiger partial charge is 0.248 e. The molecule has 1 fully saturated rings. The van der Waals surface area contributed by atoms with E-state index in [0.29, 0.717) is 18.0 Å². The van der Waals surface area contributed by atoms with Crippen LogP contribution in [0.25, 0.3) is 0 Å². The molecule has 1 aromatic rings. The topological polar surface area (TPSA) is 98.2 Å². The summed E-state index contributed by atoms with van der Waals surface area (Å²) >= 11 is 0. The second-order valence-corrected chi connectivity index (χ2v) is 5.84. The first-order chi connectivity index (χ1) is 10.0. The molecule has 1 aliphatic rings. The van der Waals surface area contributed by atoms with Crippen LogP contribution >= 0.6 is 0 Å². The number of rotatable bonds is 4. The molecule has 0 spiro atoms. The minimum absolute atomic E-state index is 0.0559. The highest BCUT2D eigenvalue weighted by Crippen LogP contribution is 2.29. The third-order valence-electron chi connectivity index (χ3n) is 4.32. The van der Waals surface area contributed by atoms with Crippen molar-refractivity contribution in [3.05, 3.63) is 29.3 Å². The predicted molar refractivity (Wildman–Crippen MR) is 82.8 cm³/mol. The second-order valence-electron chi connectivity index (χ2n) is 5.84. The van der Waals surface area contributed by atoms with Crippen molar-refractivity contribution < 1.29 is 9.59 Å². The fourth-order valence-electron chi connectivity index (χ4n) is 2.85. The molecule has 0 aliphatic heterocycles. The highest BCUT2D eigenvalue weighted by Gasteiger charge is 2.25. The van der Waals surface area contributed by atoms with E-state index in [-0.39, 0.29) is 11.8 Å². The standard InChI is InChI=1S/C16H23N3O2/c1-10-8-13(15(18)20)6-7-14(10)19-16(21)12-4-2-11(9-17)3-5-12/h6-8,11-12H,2-5,9,17H2,1H3,(H2,18,20)(H,19,21). The van der Waals surface area contributed by atoms with Gasteiger partial charge in [0.05, 0.1) is 0 Å². The van der Waals surface area contributed by atoms with E-state index in [0.717, 1.165) is 36.9 Å². The van der Waals surface area contributed by atoms with E-state index in [1.54, 1.807) is 18.2 Å². The minimum Gasteiger partial charge on any atom is -0.366 e. The molecular weight excluding hydrogens is 266 g/mol. The Morgan fingerprint density at radius 3 is 2.43 bits per heavy atom. The number of aryl methyl sites for hydroxylation is 1. The van der Waals surface area contributed by atoms with Gasteiger partial charge in [0, 0.05) is 17.2 Å². The van der Waals surface area contributed by atoms with Crippen LogP contribution < -0.4 is 16.8 Å². The summed E-state index contributed by atoms with van der Waals surface area (Å²) in [5, 5.41) is 2.96. The van der Waals surface area contributed by atoms with Crippen molar-refractivity contribution in [2.24, 2.45) is 23.3 Å². The molecule has 1 saturated carbocycles. The lowest BCUT2D eigenvalue weighted by molar-refractivity contribution is -0.121. The van der Waals surface area contributed by atoms with Crippen molar-refractivity contribution in [2.75, 3.05) is 11.9 Å². The van der Waals surface area contributed by atoms with Crippen LogP contribution in [0.5, 0.6) is 0 Å². The van der Waals surface area contributed by atoms with Crippen molar-refractivity contribution in [3.63, 3.8) is 0 Å². The normalized spacial score (nSPS) is 21.8. The quantitative estimate of drug-likeness (QED) is 0.788. The zero-order chi connectivity index (χ0) is 15.4. The van der Waals surface area contributed by atoms with Crippen molar-refractivity contribution in [1.82, 2.24) is 0 Å².